The first kappa shape index (κ1) is 29.1. The van der Waals surface area contributed by atoms with Gasteiger partial charge < -0.3 is 29.0 Å². The van der Waals surface area contributed by atoms with E-state index in [4.69, 9.17) is 23.7 Å². The Morgan fingerprint density at radius 3 is 2.11 bits per heavy atom. The number of hydrogen-bond donors (Lipinski definition) is 1. The number of benzene rings is 2. The highest BCUT2D eigenvalue weighted by Crippen LogP contribution is 2.32. The molecule has 0 bridgehead atoms. The summed E-state index contributed by atoms with van der Waals surface area (Å²) in [5.41, 5.74) is -0.102. The van der Waals surface area contributed by atoms with Gasteiger partial charge in [0.05, 0.1) is 69.5 Å². The van der Waals surface area contributed by atoms with Crippen molar-refractivity contribution in [1.29, 1.82) is 0 Å². The van der Waals surface area contributed by atoms with Crippen LogP contribution in [0, 0.1) is 0 Å². The molecule has 2 rings (SSSR count). The molecule has 0 radical (unpaired) electrons. The first-order chi connectivity index (χ1) is 17.3. The third-order valence-electron chi connectivity index (χ3n) is 4.58. The summed E-state index contributed by atoms with van der Waals surface area (Å²) in [4.78, 5) is 23.6. The fraction of sp³-hybridized carbons (Fsp3) is 0.440. The van der Waals surface area contributed by atoms with Gasteiger partial charge >= 0.3 is 18.1 Å². The van der Waals surface area contributed by atoms with Crippen molar-refractivity contribution in [3.8, 4) is 0 Å². The van der Waals surface area contributed by atoms with Crippen LogP contribution in [0.25, 0.3) is 0 Å². The van der Waals surface area contributed by atoms with E-state index in [9.17, 15) is 22.8 Å². The minimum absolute atomic E-state index is 0.00625. The Morgan fingerprint density at radius 1 is 0.806 bits per heavy atom. The van der Waals surface area contributed by atoms with E-state index in [2.05, 4.69) is 5.32 Å². The Balaban J connectivity index is 1.63. The van der Waals surface area contributed by atoms with Crippen LogP contribution in [-0.2, 0) is 34.7 Å². The molecule has 2 aromatic carbocycles. The van der Waals surface area contributed by atoms with Crippen molar-refractivity contribution in [1.82, 2.24) is 0 Å². The van der Waals surface area contributed by atoms with E-state index in [1.54, 1.807) is 25.1 Å². The van der Waals surface area contributed by atoms with Gasteiger partial charge in [-0.2, -0.15) is 13.2 Å². The van der Waals surface area contributed by atoms with Crippen LogP contribution in [0.5, 0.6) is 0 Å². The van der Waals surface area contributed by atoms with E-state index in [0.717, 1.165) is 12.1 Å². The van der Waals surface area contributed by atoms with Gasteiger partial charge in [0.15, 0.2) is 0 Å². The van der Waals surface area contributed by atoms with Crippen LogP contribution in [0.15, 0.2) is 48.5 Å². The third kappa shape index (κ3) is 11.1. The quantitative estimate of drug-likeness (QED) is 0.257. The fourth-order valence-electron chi connectivity index (χ4n) is 2.90. The number of hydrogen-bond acceptors (Lipinski definition) is 8. The average Bonchev–Trinajstić information content (AvgIpc) is 2.84. The van der Waals surface area contributed by atoms with Crippen LogP contribution >= 0.6 is 0 Å². The Labute approximate surface area is 207 Å². The van der Waals surface area contributed by atoms with Crippen molar-refractivity contribution in [2.24, 2.45) is 0 Å². The van der Waals surface area contributed by atoms with Crippen LogP contribution < -0.4 is 5.32 Å². The van der Waals surface area contributed by atoms with Gasteiger partial charge in [-0.05, 0) is 37.3 Å². The van der Waals surface area contributed by atoms with Gasteiger partial charge in [-0.1, -0.05) is 18.2 Å². The number of anilines is 2. The lowest BCUT2D eigenvalue weighted by Gasteiger charge is -2.13. The lowest BCUT2D eigenvalue weighted by atomic mass is 10.1. The zero-order valence-electron chi connectivity index (χ0n) is 20.0. The summed E-state index contributed by atoms with van der Waals surface area (Å²) >= 11 is 0. The second-order valence-electron chi connectivity index (χ2n) is 7.28. The van der Waals surface area contributed by atoms with Crippen molar-refractivity contribution in [2.75, 3.05) is 58.2 Å². The van der Waals surface area contributed by atoms with Gasteiger partial charge in [0, 0.05) is 5.69 Å². The maximum absolute atomic E-state index is 13.0. The fourth-order valence-corrected chi connectivity index (χ4v) is 2.90. The standard InChI is InChI=1S/C25H30F3NO7/c1-2-35-23(30)10-11-32-12-13-33-14-15-34-16-17-36-24(31)21-8-3-4-9-22(21)29-20-7-5-6-19(18-20)25(26,27)28/h3-9,18,29H,2,10-17H2,1H3. The second kappa shape index (κ2) is 15.8. The summed E-state index contributed by atoms with van der Waals surface area (Å²) in [7, 11) is 0. The molecule has 0 saturated carbocycles. The molecule has 8 nitrogen and oxygen atoms in total. The molecule has 36 heavy (non-hydrogen) atoms. The molecule has 0 spiro atoms. The SMILES string of the molecule is CCOC(=O)CCOCCOCCOCCOC(=O)c1ccccc1Nc1cccc(C(F)(F)F)c1. The van der Waals surface area contributed by atoms with Crippen LogP contribution in [0.3, 0.4) is 0 Å². The summed E-state index contributed by atoms with van der Waals surface area (Å²) in [6.45, 7) is 3.78. The van der Waals surface area contributed by atoms with E-state index in [0.29, 0.717) is 32.1 Å². The molecule has 0 fully saturated rings. The molecule has 0 saturated heterocycles. The van der Waals surface area contributed by atoms with Crippen molar-refractivity contribution in [3.05, 3.63) is 59.7 Å². The van der Waals surface area contributed by atoms with Gasteiger partial charge in [-0.3, -0.25) is 4.79 Å². The van der Waals surface area contributed by atoms with Crippen LogP contribution in [-0.4, -0.2) is 64.8 Å². The molecule has 11 heteroatoms. The molecule has 0 heterocycles. The number of nitrogens with one attached hydrogen (secondary N) is 1. The normalized spacial score (nSPS) is 11.2. The highest BCUT2D eigenvalue weighted by Gasteiger charge is 2.30. The average molecular weight is 514 g/mol. The molecule has 0 aliphatic rings. The minimum atomic E-state index is -4.47. The maximum Gasteiger partial charge on any atom is 0.416 e. The van der Waals surface area contributed by atoms with E-state index in [1.165, 1.54) is 18.2 Å². The molecule has 0 unspecified atom stereocenters. The summed E-state index contributed by atoms with van der Waals surface area (Å²) < 4.78 is 64.8. The van der Waals surface area contributed by atoms with Gasteiger partial charge in [0.25, 0.3) is 0 Å². The smallest absolute Gasteiger partial charge is 0.416 e. The number of halogens is 3. The lowest BCUT2D eigenvalue weighted by Crippen LogP contribution is -2.15. The van der Waals surface area contributed by atoms with Gasteiger partial charge in [-0.15, -0.1) is 0 Å². The minimum Gasteiger partial charge on any atom is -0.466 e. The molecule has 0 atom stereocenters. The van der Waals surface area contributed by atoms with Crippen molar-refractivity contribution >= 4 is 23.3 Å². The molecule has 0 aromatic heterocycles. The molecular weight excluding hydrogens is 483 g/mol. The van der Waals surface area contributed by atoms with E-state index in [1.807, 2.05) is 0 Å². The van der Waals surface area contributed by atoms with Gasteiger partial charge in [-0.25, -0.2) is 4.79 Å². The predicted octanol–water partition coefficient (Wildman–Crippen LogP) is 4.61. The number of ether oxygens (including phenoxy) is 5. The zero-order chi connectivity index (χ0) is 26.2. The van der Waals surface area contributed by atoms with Crippen LogP contribution in [0.4, 0.5) is 24.5 Å². The topological polar surface area (TPSA) is 92.3 Å². The number of carbonyl (C=O) groups excluding carboxylic acids is 2. The van der Waals surface area contributed by atoms with E-state index < -0.39 is 17.7 Å². The first-order valence-electron chi connectivity index (χ1n) is 11.4. The zero-order valence-corrected chi connectivity index (χ0v) is 20.0. The number of para-hydroxylation sites is 1. The van der Waals surface area contributed by atoms with Crippen molar-refractivity contribution in [3.63, 3.8) is 0 Å². The Kier molecular flexibility index (Phi) is 12.7. The van der Waals surface area contributed by atoms with E-state index >= 15 is 0 Å². The number of esters is 2. The maximum atomic E-state index is 13.0. The molecule has 0 aliphatic heterocycles. The molecule has 198 valence electrons. The second-order valence-corrected chi connectivity index (χ2v) is 7.28. The highest BCUT2D eigenvalue weighted by atomic mass is 19.4. The summed E-state index contributed by atoms with van der Waals surface area (Å²) in [5.74, 6) is -0.937. The molecule has 0 aliphatic carbocycles. The monoisotopic (exact) mass is 513 g/mol. The van der Waals surface area contributed by atoms with E-state index in [-0.39, 0.29) is 50.1 Å². The lowest BCUT2D eigenvalue weighted by molar-refractivity contribution is -0.144. The number of carbonyl (C=O) groups is 2. The summed E-state index contributed by atoms with van der Waals surface area (Å²) in [6, 6.07) is 11.1. The third-order valence-corrected chi connectivity index (χ3v) is 4.58. The highest BCUT2D eigenvalue weighted by molar-refractivity contribution is 5.96. The molecule has 1 N–H and O–H groups in total. The van der Waals surface area contributed by atoms with Gasteiger partial charge in [0.1, 0.15) is 6.61 Å². The van der Waals surface area contributed by atoms with Crippen molar-refractivity contribution in [2.45, 2.75) is 19.5 Å². The largest absolute Gasteiger partial charge is 0.466 e. The van der Waals surface area contributed by atoms with Crippen LogP contribution in [0.2, 0.25) is 0 Å². The summed E-state index contributed by atoms with van der Waals surface area (Å²) in [6.07, 6.45) is -4.28. The predicted molar refractivity (Wildman–Crippen MR) is 125 cm³/mol. The van der Waals surface area contributed by atoms with Gasteiger partial charge in [0.2, 0.25) is 0 Å². The van der Waals surface area contributed by atoms with Crippen LogP contribution in [0.1, 0.15) is 29.3 Å². The number of rotatable bonds is 16. The number of alkyl halides is 3. The molecule has 0 amide bonds. The van der Waals surface area contributed by atoms with Crippen molar-refractivity contribution < 1.29 is 46.4 Å². The first-order valence-corrected chi connectivity index (χ1v) is 11.4. The Bertz CT molecular complexity index is 953. The Morgan fingerprint density at radius 2 is 1.44 bits per heavy atom. The molecular formula is C25H30F3NO7. The Hall–Kier alpha value is -3.15. The molecule has 2 aromatic rings. The summed E-state index contributed by atoms with van der Waals surface area (Å²) in [5, 5.41) is 2.84.